The largest absolute Gasteiger partial charge is 0.389 e. The first-order valence-electron chi connectivity index (χ1n) is 7.70. The number of benzene rings is 1. The molecular formula is C17H24N2OS. The third-order valence-electron chi connectivity index (χ3n) is 4.68. The maximum Gasteiger partial charge on any atom is 0.253 e. The predicted octanol–water partition coefficient (Wildman–Crippen LogP) is 3.36. The molecule has 2 N–H and O–H groups in total. The summed E-state index contributed by atoms with van der Waals surface area (Å²) in [5.74, 6) is 0.930. The van der Waals surface area contributed by atoms with Crippen molar-refractivity contribution < 1.29 is 4.79 Å². The van der Waals surface area contributed by atoms with Crippen LogP contribution >= 0.6 is 12.2 Å². The highest BCUT2D eigenvalue weighted by atomic mass is 32.1. The van der Waals surface area contributed by atoms with Gasteiger partial charge in [0.25, 0.3) is 5.91 Å². The number of amides is 1. The zero-order valence-electron chi connectivity index (χ0n) is 12.8. The first kappa shape index (κ1) is 16.0. The van der Waals surface area contributed by atoms with Gasteiger partial charge in [-0.05, 0) is 43.7 Å². The van der Waals surface area contributed by atoms with Gasteiger partial charge in [-0.25, -0.2) is 0 Å². The Balaban J connectivity index is 2.00. The van der Waals surface area contributed by atoms with Crippen LogP contribution < -0.4 is 5.73 Å². The van der Waals surface area contributed by atoms with E-state index >= 15 is 0 Å². The van der Waals surface area contributed by atoms with Crippen molar-refractivity contribution in [1.29, 1.82) is 0 Å². The molecule has 21 heavy (non-hydrogen) atoms. The van der Waals surface area contributed by atoms with E-state index in [-0.39, 0.29) is 5.91 Å². The first-order valence-corrected chi connectivity index (χ1v) is 8.10. The quantitative estimate of drug-likeness (QED) is 0.868. The summed E-state index contributed by atoms with van der Waals surface area (Å²) < 4.78 is 0. The molecule has 0 aromatic heterocycles. The van der Waals surface area contributed by atoms with Gasteiger partial charge in [-0.2, -0.15) is 0 Å². The number of nitrogens with two attached hydrogens (primary N) is 1. The number of carbonyl (C=O) groups excluding carboxylic acids is 1. The van der Waals surface area contributed by atoms with Gasteiger partial charge in [0.15, 0.2) is 0 Å². The second-order valence-corrected chi connectivity index (χ2v) is 6.38. The molecule has 1 aromatic rings. The van der Waals surface area contributed by atoms with E-state index in [2.05, 4.69) is 6.92 Å². The van der Waals surface area contributed by atoms with Crippen molar-refractivity contribution in [1.82, 2.24) is 4.90 Å². The van der Waals surface area contributed by atoms with Gasteiger partial charge in [0.05, 0.1) is 0 Å². The van der Waals surface area contributed by atoms with Crippen LogP contribution in [0.4, 0.5) is 0 Å². The third-order valence-corrected chi connectivity index (χ3v) is 4.91. The van der Waals surface area contributed by atoms with Crippen LogP contribution in [0.2, 0.25) is 0 Å². The molecule has 0 bridgehead atoms. The average Bonchev–Trinajstić information content (AvgIpc) is 2.53. The minimum Gasteiger partial charge on any atom is -0.389 e. The van der Waals surface area contributed by atoms with Gasteiger partial charge in [0.2, 0.25) is 0 Å². The molecule has 0 heterocycles. The highest BCUT2D eigenvalue weighted by Gasteiger charge is 2.26. The Kier molecular flexibility index (Phi) is 5.34. The van der Waals surface area contributed by atoms with Gasteiger partial charge in [0.1, 0.15) is 4.99 Å². The Hall–Kier alpha value is -1.42. The normalized spacial score (nSPS) is 21.8. The molecule has 0 unspecified atom stereocenters. The summed E-state index contributed by atoms with van der Waals surface area (Å²) in [5, 5.41) is 0. The van der Waals surface area contributed by atoms with Gasteiger partial charge in [0, 0.05) is 24.2 Å². The van der Waals surface area contributed by atoms with Crippen molar-refractivity contribution in [2.24, 2.45) is 11.7 Å². The van der Waals surface area contributed by atoms with Crippen molar-refractivity contribution >= 4 is 23.1 Å². The highest BCUT2D eigenvalue weighted by molar-refractivity contribution is 7.80. The summed E-state index contributed by atoms with van der Waals surface area (Å²) in [7, 11) is 1.92. The van der Waals surface area contributed by atoms with E-state index in [9.17, 15) is 4.79 Å². The van der Waals surface area contributed by atoms with E-state index in [4.69, 9.17) is 18.0 Å². The number of hydrogen-bond donors (Lipinski definition) is 1. The second kappa shape index (κ2) is 7.03. The molecule has 114 valence electrons. The van der Waals surface area contributed by atoms with Crippen LogP contribution in [0.1, 0.15) is 54.9 Å². The van der Waals surface area contributed by atoms with E-state index < -0.39 is 0 Å². The average molecular weight is 304 g/mol. The van der Waals surface area contributed by atoms with E-state index in [1.807, 2.05) is 36.2 Å². The lowest BCUT2D eigenvalue weighted by molar-refractivity contribution is 0.0674. The summed E-state index contributed by atoms with van der Waals surface area (Å²) in [5.41, 5.74) is 7.08. The summed E-state index contributed by atoms with van der Waals surface area (Å²) in [6, 6.07) is 7.63. The van der Waals surface area contributed by atoms with E-state index in [1.165, 1.54) is 19.3 Å². The zero-order chi connectivity index (χ0) is 15.4. The van der Waals surface area contributed by atoms with Crippen molar-refractivity contribution in [3.63, 3.8) is 0 Å². The van der Waals surface area contributed by atoms with Gasteiger partial charge in [-0.15, -0.1) is 0 Å². The minimum atomic E-state index is 0.0874. The number of hydrogen-bond acceptors (Lipinski definition) is 2. The molecule has 1 aliphatic rings. The van der Waals surface area contributed by atoms with Crippen LogP contribution in [0, 0.1) is 5.92 Å². The van der Waals surface area contributed by atoms with E-state index in [1.54, 1.807) is 0 Å². The molecule has 1 aliphatic carbocycles. The standard InChI is InChI=1S/C17H24N2OS/c1-3-12-4-10-15(11-5-12)19(2)17(20)14-8-6-13(7-9-14)16(18)21/h6-9,12,15H,3-5,10-11H2,1-2H3,(H2,18,21). The molecule has 1 aromatic carbocycles. The Morgan fingerprint density at radius 1 is 1.19 bits per heavy atom. The molecule has 0 radical (unpaired) electrons. The molecule has 1 saturated carbocycles. The van der Waals surface area contributed by atoms with Gasteiger partial charge in [-0.1, -0.05) is 37.7 Å². The summed E-state index contributed by atoms with van der Waals surface area (Å²) in [6.45, 7) is 2.25. The summed E-state index contributed by atoms with van der Waals surface area (Å²) in [4.78, 5) is 14.8. The molecule has 2 rings (SSSR count). The van der Waals surface area contributed by atoms with Crippen LogP contribution in [0.25, 0.3) is 0 Å². The lowest BCUT2D eigenvalue weighted by Gasteiger charge is -2.34. The van der Waals surface area contributed by atoms with Crippen LogP contribution in [-0.4, -0.2) is 28.9 Å². The maximum absolute atomic E-state index is 12.5. The van der Waals surface area contributed by atoms with Crippen molar-refractivity contribution in [2.75, 3.05) is 7.05 Å². The Bertz CT molecular complexity index is 504. The fourth-order valence-electron chi connectivity index (χ4n) is 3.09. The lowest BCUT2D eigenvalue weighted by atomic mass is 9.84. The molecule has 0 aliphatic heterocycles. The molecule has 0 atom stereocenters. The van der Waals surface area contributed by atoms with Crippen molar-refractivity contribution in [3.05, 3.63) is 35.4 Å². The lowest BCUT2D eigenvalue weighted by Crippen LogP contribution is -2.39. The van der Waals surface area contributed by atoms with E-state index in [0.29, 0.717) is 16.6 Å². The summed E-state index contributed by atoms with van der Waals surface area (Å²) >= 11 is 4.93. The molecule has 0 spiro atoms. The zero-order valence-corrected chi connectivity index (χ0v) is 13.7. The van der Waals surface area contributed by atoms with E-state index in [0.717, 1.165) is 24.3 Å². The molecule has 3 nitrogen and oxygen atoms in total. The number of thiocarbonyl (C=S) groups is 1. The Labute approximate surface area is 132 Å². The smallest absolute Gasteiger partial charge is 0.253 e. The van der Waals surface area contributed by atoms with Crippen molar-refractivity contribution in [2.45, 2.75) is 45.1 Å². The Morgan fingerprint density at radius 2 is 1.71 bits per heavy atom. The molecule has 4 heteroatoms. The molecule has 0 saturated heterocycles. The van der Waals surface area contributed by atoms with Crippen LogP contribution in [0.15, 0.2) is 24.3 Å². The highest BCUT2D eigenvalue weighted by Crippen LogP contribution is 2.29. The molecule has 1 amide bonds. The fraction of sp³-hybridized carbons (Fsp3) is 0.529. The molecular weight excluding hydrogens is 280 g/mol. The number of rotatable bonds is 4. The SMILES string of the molecule is CCC1CCC(N(C)C(=O)c2ccc(C(N)=S)cc2)CC1. The third kappa shape index (κ3) is 3.82. The fourth-order valence-corrected chi connectivity index (χ4v) is 3.22. The maximum atomic E-state index is 12.5. The van der Waals surface area contributed by atoms with Crippen molar-refractivity contribution in [3.8, 4) is 0 Å². The predicted molar refractivity (Wildman–Crippen MR) is 90.5 cm³/mol. The van der Waals surface area contributed by atoms with Gasteiger partial charge < -0.3 is 10.6 Å². The number of carbonyl (C=O) groups is 1. The van der Waals surface area contributed by atoms with Crippen LogP contribution in [0.5, 0.6) is 0 Å². The Morgan fingerprint density at radius 3 is 2.19 bits per heavy atom. The van der Waals surface area contributed by atoms with Gasteiger partial charge >= 0.3 is 0 Å². The van der Waals surface area contributed by atoms with Crippen LogP contribution in [-0.2, 0) is 0 Å². The topological polar surface area (TPSA) is 46.3 Å². The minimum absolute atomic E-state index is 0.0874. The second-order valence-electron chi connectivity index (χ2n) is 5.94. The summed E-state index contributed by atoms with van der Waals surface area (Å²) in [6.07, 6.45) is 5.96. The first-order chi connectivity index (χ1) is 10.0. The van der Waals surface area contributed by atoms with Gasteiger partial charge in [-0.3, -0.25) is 4.79 Å². The number of nitrogens with zero attached hydrogens (tertiary/aromatic N) is 1. The van der Waals surface area contributed by atoms with Crippen LogP contribution in [0.3, 0.4) is 0 Å². The monoisotopic (exact) mass is 304 g/mol. The molecule has 1 fully saturated rings.